The Morgan fingerprint density at radius 1 is 1.50 bits per heavy atom. The van der Waals surface area contributed by atoms with Crippen LogP contribution in [-0.4, -0.2) is 34.9 Å². The van der Waals surface area contributed by atoms with E-state index in [1.807, 2.05) is 6.92 Å². The number of rotatable bonds is 6. The second-order valence-corrected chi connectivity index (χ2v) is 5.99. The molecule has 1 aliphatic rings. The first-order valence-electron chi connectivity index (χ1n) is 8.41. The maximum absolute atomic E-state index is 13.5. The van der Waals surface area contributed by atoms with E-state index in [1.54, 1.807) is 23.0 Å². The summed E-state index contributed by atoms with van der Waals surface area (Å²) < 4.78 is 20.7. The Bertz CT molecular complexity index is 708. The van der Waals surface area contributed by atoms with Crippen molar-refractivity contribution >= 4 is 5.91 Å². The molecule has 3 rings (SSSR count). The van der Waals surface area contributed by atoms with Gasteiger partial charge in [-0.05, 0) is 37.5 Å². The predicted octanol–water partition coefficient (Wildman–Crippen LogP) is 2.87. The Labute approximate surface area is 140 Å². The van der Waals surface area contributed by atoms with Crippen molar-refractivity contribution in [3.63, 3.8) is 0 Å². The lowest BCUT2D eigenvalue weighted by Gasteiger charge is -2.12. The molecule has 128 valence electrons. The molecule has 0 spiro atoms. The molecule has 0 radical (unpaired) electrons. The average molecular weight is 331 g/mol. The Morgan fingerprint density at radius 2 is 2.38 bits per heavy atom. The third-order valence-electron chi connectivity index (χ3n) is 4.17. The van der Waals surface area contributed by atoms with Crippen LogP contribution in [0.1, 0.15) is 42.2 Å². The van der Waals surface area contributed by atoms with Gasteiger partial charge in [0.1, 0.15) is 5.82 Å². The molecular weight excluding hydrogens is 309 g/mol. The largest absolute Gasteiger partial charge is 0.376 e. The Balaban J connectivity index is 1.81. The van der Waals surface area contributed by atoms with Gasteiger partial charge in [-0.25, -0.2) is 9.07 Å². The Morgan fingerprint density at radius 3 is 3.08 bits per heavy atom. The van der Waals surface area contributed by atoms with Gasteiger partial charge in [-0.2, -0.15) is 5.10 Å². The van der Waals surface area contributed by atoms with Gasteiger partial charge in [0.2, 0.25) is 0 Å². The fourth-order valence-electron chi connectivity index (χ4n) is 2.98. The van der Waals surface area contributed by atoms with Crippen LogP contribution in [0.15, 0.2) is 30.5 Å². The number of nitrogens with one attached hydrogen (secondary N) is 1. The van der Waals surface area contributed by atoms with E-state index in [-0.39, 0.29) is 17.8 Å². The molecule has 0 aliphatic carbocycles. The van der Waals surface area contributed by atoms with Gasteiger partial charge in [0.15, 0.2) is 0 Å². The highest BCUT2D eigenvalue weighted by molar-refractivity contribution is 5.95. The van der Waals surface area contributed by atoms with Crippen molar-refractivity contribution in [2.75, 3.05) is 13.2 Å². The van der Waals surface area contributed by atoms with Crippen LogP contribution in [0.5, 0.6) is 0 Å². The molecule has 24 heavy (non-hydrogen) atoms. The minimum absolute atomic E-state index is 0.0989. The quantitative estimate of drug-likeness (QED) is 0.885. The fourth-order valence-corrected chi connectivity index (χ4v) is 2.98. The van der Waals surface area contributed by atoms with Crippen molar-refractivity contribution in [2.24, 2.45) is 0 Å². The first-order valence-corrected chi connectivity index (χ1v) is 8.41. The minimum atomic E-state index is -0.324. The normalized spacial score (nSPS) is 17.2. The van der Waals surface area contributed by atoms with E-state index in [0.29, 0.717) is 24.2 Å². The number of benzene rings is 1. The van der Waals surface area contributed by atoms with E-state index in [9.17, 15) is 9.18 Å². The summed E-state index contributed by atoms with van der Waals surface area (Å²) in [6.07, 6.45) is 5.23. The van der Waals surface area contributed by atoms with Crippen LogP contribution in [0.2, 0.25) is 0 Å². The Kier molecular flexibility index (Phi) is 5.25. The van der Waals surface area contributed by atoms with Crippen LogP contribution >= 0.6 is 0 Å². The molecule has 5 nitrogen and oxygen atoms in total. The number of ether oxygens (including phenoxy) is 1. The predicted molar refractivity (Wildman–Crippen MR) is 88.8 cm³/mol. The molecule has 0 unspecified atom stereocenters. The second-order valence-electron chi connectivity index (χ2n) is 5.99. The number of aromatic nitrogens is 2. The topological polar surface area (TPSA) is 56.1 Å². The van der Waals surface area contributed by atoms with E-state index in [4.69, 9.17) is 4.74 Å². The number of amides is 1. The zero-order valence-electron chi connectivity index (χ0n) is 13.8. The van der Waals surface area contributed by atoms with Gasteiger partial charge in [-0.15, -0.1) is 0 Å². The lowest BCUT2D eigenvalue weighted by atomic mass is 10.1. The van der Waals surface area contributed by atoms with Crippen LogP contribution < -0.4 is 5.32 Å². The van der Waals surface area contributed by atoms with E-state index in [0.717, 1.165) is 31.6 Å². The number of hydrogen-bond donors (Lipinski definition) is 1. The van der Waals surface area contributed by atoms with E-state index in [1.165, 1.54) is 12.1 Å². The summed E-state index contributed by atoms with van der Waals surface area (Å²) in [5, 5.41) is 7.23. The van der Waals surface area contributed by atoms with Gasteiger partial charge in [-0.1, -0.05) is 19.4 Å². The standard InChI is InChI=1S/C18H22FN3O2/c1-2-5-17-16(18(23)20-11-15-8-4-9-24-15)12-21-22(17)14-7-3-6-13(19)10-14/h3,6-7,10,12,15H,2,4-5,8-9,11H2,1H3,(H,20,23)/t15-/m1/s1. The van der Waals surface area contributed by atoms with E-state index < -0.39 is 0 Å². The molecule has 1 fully saturated rings. The molecule has 2 heterocycles. The van der Waals surface area contributed by atoms with E-state index >= 15 is 0 Å². The summed E-state index contributed by atoms with van der Waals surface area (Å²) >= 11 is 0. The number of carbonyl (C=O) groups excluding carboxylic acids is 1. The first kappa shape index (κ1) is 16.6. The van der Waals surface area contributed by atoms with Gasteiger partial charge in [0, 0.05) is 13.2 Å². The van der Waals surface area contributed by atoms with Crippen molar-refractivity contribution in [3.8, 4) is 5.69 Å². The third-order valence-corrected chi connectivity index (χ3v) is 4.17. The Hall–Kier alpha value is -2.21. The third kappa shape index (κ3) is 3.64. The maximum Gasteiger partial charge on any atom is 0.254 e. The molecule has 0 bridgehead atoms. The van der Waals surface area contributed by atoms with Crippen LogP contribution in [0.3, 0.4) is 0 Å². The molecule has 1 N–H and O–H groups in total. The van der Waals surface area contributed by atoms with E-state index in [2.05, 4.69) is 10.4 Å². The summed E-state index contributed by atoms with van der Waals surface area (Å²) in [5.41, 5.74) is 1.96. The summed E-state index contributed by atoms with van der Waals surface area (Å²) in [4.78, 5) is 12.5. The summed E-state index contributed by atoms with van der Waals surface area (Å²) in [5.74, 6) is -0.480. The smallest absolute Gasteiger partial charge is 0.254 e. The van der Waals surface area contributed by atoms with Crippen LogP contribution in [0, 0.1) is 5.82 Å². The zero-order chi connectivity index (χ0) is 16.9. The fraction of sp³-hybridized carbons (Fsp3) is 0.444. The lowest BCUT2D eigenvalue weighted by Crippen LogP contribution is -2.32. The molecule has 1 saturated heterocycles. The molecular formula is C18H22FN3O2. The van der Waals surface area contributed by atoms with Crippen LogP contribution in [0.4, 0.5) is 4.39 Å². The minimum Gasteiger partial charge on any atom is -0.376 e. The van der Waals surface area contributed by atoms with Gasteiger partial charge in [0.25, 0.3) is 5.91 Å². The van der Waals surface area contributed by atoms with Crippen molar-refractivity contribution < 1.29 is 13.9 Å². The van der Waals surface area contributed by atoms with Gasteiger partial charge in [-0.3, -0.25) is 4.79 Å². The molecule has 2 aromatic rings. The number of carbonyl (C=O) groups is 1. The average Bonchev–Trinajstić information content (AvgIpc) is 3.23. The molecule has 1 atom stereocenters. The second kappa shape index (κ2) is 7.57. The maximum atomic E-state index is 13.5. The van der Waals surface area contributed by atoms with Gasteiger partial charge >= 0.3 is 0 Å². The lowest BCUT2D eigenvalue weighted by molar-refractivity contribution is 0.0857. The zero-order valence-corrected chi connectivity index (χ0v) is 13.8. The molecule has 0 saturated carbocycles. The monoisotopic (exact) mass is 331 g/mol. The summed E-state index contributed by atoms with van der Waals surface area (Å²) in [7, 11) is 0. The molecule has 1 aliphatic heterocycles. The van der Waals surface area contributed by atoms with Crippen molar-refractivity contribution in [3.05, 3.63) is 47.5 Å². The molecule has 6 heteroatoms. The highest BCUT2D eigenvalue weighted by Crippen LogP contribution is 2.18. The van der Waals surface area contributed by atoms with Crippen molar-refractivity contribution in [2.45, 2.75) is 38.7 Å². The summed E-state index contributed by atoms with van der Waals surface area (Å²) in [6.45, 7) is 3.31. The number of nitrogens with zero attached hydrogens (tertiary/aromatic N) is 2. The molecule has 1 amide bonds. The summed E-state index contributed by atoms with van der Waals surface area (Å²) in [6, 6.07) is 6.23. The van der Waals surface area contributed by atoms with Crippen LogP contribution in [0.25, 0.3) is 5.69 Å². The number of halogens is 1. The van der Waals surface area contributed by atoms with Crippen molar-refractivity contribution in [1.82, 2.24) is 15.1 Å². The SMILES string of the molecule is CCCc1c(C(=O)NC[C@H]2CCCO2)cnn1-c1cccc(F)c1. The first-order chi connectivity index (χ1) is 11.7. The molecule has 1 aromatic heterocycles. The van der Waals surface area contributed by atoms with Gasteiger partial charge < -0.3 is 10.1 Å². The number of hydrogen-bond acceptors (Lipinski definition) is 3. The highest BCUT2D eigenvalue weighted by Gasteiger charge is 2.20. The highest BCUT2D eigenvalue weighted by atomic mass is 19.1. The van der Waals surface area contributed by atoms with Crippen molar-refractivity contribution in [1.29, 1.82) is 0 Å². The molecule has 1 aromatic carbocycles. The van der Waals surface area contributed by atoms with Crippen LogP contribution in [-0.2, 0) is 11.2 Å². The van der Waals surface area contributed by atoms with Gasteiger partial charge in [0.05, 0.1) is 29.2 Å².